The predicted molar refractivity (Wildman–Crippen MR) is 101 cm³/mol. The molecule has 3 aliphatic rings. The van der Waals surface area contributed by atoms with E-state index in [0.29, 0.717) is 0 Å². The third-order valence-corrected chi connectivity index (χ3v) is 8.23. The van der Waals surface area contributed by atoms with Crippen LogP contribution in [-0.2, 0) is 0 Å². The zero-order valence-corrected chi connectivity index (χ0v) is 16.9. The van der Waals surface area contributed by atoms with Crippen LogP contribution in [0.15, 0.2) is 0 Å². The molecule has 0 bridgehead atoms. The van der Waals surface area contributed by atoms with Crippen LogP contribution in [0.1, 0.15) is 87.0 Å². The van der Waals surface area contributed by atoms with E-state index >= 15 is 0 Å². The summed E-state index contributed by atoms with van der Waals surface area (Å²) < 4.78 is 0. The van der Waals surface area contributed by atoms with Crippen molar-refractivity contribution in [3.8, 4) is 0 Å². The molecule has 0 aromatic carbocycles. The van der Waals surface area contributed by atoms with Gasteiger partial charge in [0.15, 0.2) is 0 Å². The average Bonchev–Trinajstić information content (AvgIpc) is 3.14. The molecule has 0 nitrogen and oxygen atoms in total. The Morgan fingerprint density at radius 1 is 0.957 bits per heavy atom. The highest BCUT2D eigenvalue weighted by Gasteiger charge is 2.83. The van der Waals surface area contributed by atoms with Crippen molar-refractivity contribution >= 4 is 0 Å². The molecule has 0 heteroatoms. The number of rotatable bonds is 8. The zero-order chi connectivity index (χ0) is 16.9. The maximum absolute atomic E-state index is 2.60. The normalized spacial score (nSPS) is 44.5. The molecular formula is C23H42. The van der Waals surface area contributed by atoms with E-state index in [0.717, 1.165) is 58.7 Å². The van der Waals surface area contributed by atoms with Crippen molar-refractivity contribution in [3.63, 3.8) is 0 Å². The number of hydrogen-bond donors (Lipinski definition) is 0. The molecule has 3 saturated carbocycles. The first-order chi connectivity index (χ1) is 10.8. The van der Waals surface area contributed by atoms with Crippen LogP contribution in [0.5, 0.6) is 0 Å². The van der Waals surface area contributed by atoms with Gasteiger partial charge in [0.05, 0.1) is 0 Å². The molecule has 23 heavy (non-hydrogen) atoms. The molecule has 0 N–H and O–H groups in total. The minimum atomic E-state index is 0.761. The molecule has 8 unspecified atom stereocenters. The van der Waals surface area contributed by atoms with Gasteiger partial charge >= 0.3 is 0 Å². The summed E-state index contributed by atoms with van der Waals surface area (Å²) in [6.07, 6.45) is 9.02. The van der Waals surface area contributed by atoms with E-state index in [9.17, 15) is 0 Å². The first-order valence-electron chi connectivity index (χ1n) is 10.8. The lowest BCUT2D eigenvalue weighted by Gasteiger charge is -2.30. The molecule has 0 aromatic rings. The highest BCUT2D eigenvalue weighted by atomic mass is 14.9. The Balaban J connectivity index is 1.52. The average molecular weight is 319 g/mol. The van der Waals surface area contributed by atoms with Gasteiger partial charge in [0.25, 0.3) is 0 Å². The second-order valence-corrected chi connectivity index (χ2v) is 10.8. The fourth-order valence-electron chi connectivity index (χ4n) is 7.26. The molecule has 0 saturated heterocycles. The lowest BCUT2D eigenvalue weighted by Crippen LogP contribution is -2.22. The molecule has 0 heterocycles. The first kappa shape index (κ1) is 17.8. The minimum absolute atomic E-state index is 0.761. The van der Waals surface area contributed by atoms with Crippen molar-refractivity contribution in [2.75, 3.05) is 0 Å². The molecule has 3 aliphatic carbocycles. The van der Waals surface area contributed by atoms with Gasteiger partial charge in [-0.25, -0.2) is 0 Å². The summed E-state index contributed by atoms with van der Waals surface area (Å²) in [6, 6.07) is 0. The second kappa shape index (κ2) is 6.38. The molecule has 0 radical (unpaired) electrons. The Bertz CT molecular complexity index is 408. The van der Waals surface area contributed by atoms with Crippen LogP contribution >= 0.6 is 0 Å². The van der Waals surface area contributed by atoms with Gasteiger partial charge in [-0.15, -0.1) is 0 Å². The van der Waals surface area contributed by atoms with Crippen LogP contribution in [0, 0.1) is 58.7 Å². The van der Waals surface area contributed by atoms with Gasteiger partial charge in [-0.1, -0.05) is 67.7 Å². The first-order valence-corrected chi connectivity index (χ1v) is 10.8. The highest BCUT2D eigenvalue weighted by molar-refractivity contribution is 5.30. The minimum Gasteiger partial charge on any atom is -0.0628 e. The third-order valence-electron chi connectivity index (χ3n) is 8.23. The van der Waals surface area contributed by atoms with Crippen molar-refractivity contribution < 1.29 is 0 Å². The van der Waals surface area contributed by atoms with Gasteiger partial charge in [0, 0.05) is 0 Å². The van der Waals surface area contributed by atoms with Crippen LogP contribution in [0.3, 0.4) is 0 Å². The Hall–Kier alpha value is 0. The molecule has 0 spiro atoms. The Kier molecular flexibility index (Phi) is 4.94. The van der Waals surface area contributed by atoms with Gasteiger partial charge in [-0.3, -0.25) is 0 Å². The molecular weight excluding hydrogens is 276 g/mol. The maximum Gasteiger partial charge on any atom is -0.0224 e. The van der Waals surface area contributed by atoms with Crippen molar-refractivity contribution in [1.29, 1.82) is 0 Å². The Morgan fingerprint density at radius 3 is 2.09 bits per heavy atom. The van der Waals surface area contributed by atoms with Gasteiger partial charge in [0.1, 0.15) is 0 Å². The third kappa shape index (κ3) is 3.25. The summed E-state index contributed by atoms with van der Waals surface area (Å²) in [5.41, 5.74) is 0.761. The van der Waals surface area contributed by atoms with E-state index in [1.165, 1.54) is 38.5 Å². The quantitative estimate of drug-likeness (QED) is 0.450. The molecule has 3 fully saturated rings. The van der Waals surface area contributed by atoms with E-state index in [1.54, 1.807) is 0 Å². The lowest BCUT2D eigenvalue weighted by molar-refractivity contribution is 0.193. The van der Waals surface area contributed by atoms with Crippen molar-refractivity contribution in [2.45, 2.75) is 87.0 Å². The van der Waals surface area contributed by atoms with Gasteiger partial charge in [0.2, 0.25) is 0 Å². The van der Waals surface area contributed by atoms with E-state index < -0.39 is 0 Å². The fourth-order valence-corrected chi connectivity index (χ4v) is 7.26. The van der Waals surface area contributed by atoms with Crippen LogP contribution in [0.4, 0.5) is 0 Å². The van der Waals surface area contributed by atoms with Crippen LogP contribution in [0.2, 0.25) is 0 Å². The van der Waals surface area contributed by atoms with E-state index in [4.69, 9.17) is 0 Å². The standard InChI is InChI=1S/C23H42/c1-14(2)11-18(13-19-10-8-9-16(19)5)12-17(6)21-22-20(15(3)4)23(21,22)7/h14-22H,8-13H2,1-7H3. The fraction of sp³-hybridized carbons (Fsp3) is 1.00. The number of fused-ring (bicyclic) bond motifs is 1. The van der Waals surface area contributed by atoms with Crippen molar-refractivity contribution in [2.24, 2.45) is 58.7 Å². The van der Waals surface area contributed by atoms with E-state index in [2.05, 4.69) is 48.5 Å². The zero-order valence-electron chi connectivity index (χ0n) is 16.9. The summed E-state index contributed by atoms with van der Waals surface area (Å²) in [5.74, 6) is 9.03. The van der Waals surface area contributed by atoms with Gasteiger partial charge in [-0.2, -0.15) is 0 Å². The van der Waals surface area contributed by atoms with Gasteiger partial charge in [-0.05, 0) is 77.9 Å². The molecule has 0 amide bonds. The Labute approximate surface area is 146 Å². The van der Waals surface area contributed by atoms with Crippen molar-refractivity contribution in [1.82, 2.24) is 0 Å². The molecule has 3 rings (SSSR count). The molecule has 8 atom stereocenters. The van der Waals surface area contributed by atoms with Crippen LogP contribution in [-0.4, -0.2) is 0 Å². The summed E-state index contributed by atoms with van der Waals surface area (Å²) in [5, 5.41) is 0. The highest BCUT2D eigenvalue weighted by Crippen LogP contribution is 2.87. The smallest absolute Gasteiger partial charge is 0.0224 e. The van der Waals surface area contributed by atoms with Crippen LogP contribution < -0.4 is 0 Å². The second-order valence-electron chi connectivity index (χ2n) is 10.8. The Morgan fingerprint density at radius 2 is 1.61 bits per heavy atom. The van der Waals surface area contributed by atoms with E-state index in [-0.39, 0.29) is 0 Å². The lowest BCUT2D eigenvalue weighted by atomic mass is 9.75. The number of hydrogen-bond acceptors (Lipinski definition) is 0. The SMILES string of the molecule is CC(C)CC(CC(C)C1C2C(C(C)C)C12C)CC1CCCC1C. The largest absolute Gasteiger partial charge is 0.0628 e. The predicted octanol–water partition coefficient (Wildman–Crippen LogP) is 7.04. The van der Waals surface area contributed by atoms with Crippen LogP contribution in [0.25, 0.3) is 0 Å². The monoisotopic (exact) mass is 318 g/mol. The van der Waals surface area contributed by atoms with E-state index in [1.807, 2.05) is 0 Å². The molecule has 0 aromatic heterocycles. The van der Waals surface area contributed by atoms with Crippen molar-refractivity contribution in [3.05, 3.63) is 0 Å². The summed E-state index contributed by atoms with van der Waals surface area (Å²) in [7, 11) is 0. The molecule has 134 valence electrons. The summed E-state index contributed by atoms with van der Waals surface area (Å²) in [6.45, 7) is 17.4. The molecule has 0 aliphatic heterocycles. The van der Waals surface area contributed by atoms with Gasteiger partial charge < -0.3 is 0 Å². The maximum atomic E-state index is 2.60. The summed E-state index contributed by atoms with van der Waals surface area (Å²) >= 11 is 0. The summed E-state index contributed by atoms with van der Waals surface area (Å²) in [4.78, 5) is 0. The topological polar surface area (TPSA) is 0 Å².